The number of amides is 1. The molecule has 0 saturated carbocycles. The number of nitrogens with one attached hydrogen (secondary N) is 2. The van der Waals surface area contributed by atoms with E-state index in [1.54, 1.807) is 4.98 Å². The van der Waals surface area contributed by atoms with E-state index in [0.29, 0.717) is 6.07 Å². The molecule has 106 valence electrons. The molecule has 0 fully saturated rings. The molecule has 1 unspecified atom stereocenters. The zero-order valence-corrected chi connectivity index (χ0v) is 10.0. The Bertz CT molecular complexity index is 509. The van der Waals surface area contributed by atoms with Crippen molar-refractivity contribution >= 4 is 5.91 Å². The molecule has 1 heterocycles. The van der Waals surface area contributed by atoms with E-state index >= 15 is 0 Å². The number of hydrogen-bond acceptors (Lipinski definition) is 3. The van der Waals surface area contributed by atoms with Crippen LogP contribution in [0.2, 0.25) is 0 Å². The molecule has 0 aromatic carbocycles. The fourth-order valence-corrected chi connectivity index (χ4v) is 1.31. The van der Waals surface area contributed by atoms with Gasteiger partial charge in [-0.3, -0.25) is 9.59 Å². The Hall–Kier alpha value is -1.83. The van der Waals surface area contributed by atoms with Gasteiger partial charge >= 0.3 is 6.18 Å². The van der Waals surface area contributed by atoms with Crippen LogP contribution in [0.25, 0.3) is 0 Å². The third-order valence-corrected chi connectivity index (χ3v) is 2.31. The first-order valence-corrected chi connectivity index (χ1v) is 5.48. The zero-order chi connectivity index (χ0) is 14.6. The third kappa shape index (κ3) is 4.40. The minimum absolute atomic E-state index is 0.122. The van der Waals surface area contributed by atoms with Crippen molar-refractivity contribution in [2.24, 2.45) is 0 Å². The van der Waals surface area contributed by atoms with E-state index in [1.807, 2.05) is 0 Å². The summed E-state index contributed by atoms with van der Waals surface area (Å²) in [5.74, 6) is -0.782. The van der Waals surface area contributed by atoms with Crippen LogP contribution in [0.15, 0.2) is 16.9 Å². The number of aromatic amines is 1. The lowest BCUT2D eigenvalue weighted by atomic mass is 10.2. The fraction of sp³-hybridized carbons (Fsp3) is 0.455. The largest absolute Gasteiger partial charge is 0.431 e. The third-order valence-electron chi connectivity index (χ3n) is 2.31. The lowest BCUT2D eigenvalue weighted by Gasteiger charge is -2.08. The number of carbonyl (C=O) groups is 1. The first kappa shape index (κ1) is 15.2. The molecule has 19 heavy (non-hydrogen) atoms. The number of aliphatic hydroxyl groups is 1. The maximum Gasteiger partial charge on any atom is 0.431 e. The average Bonchev–Trinajstić information content (AvgIpc) is 2.26. The summed E-state index contributed by atoms with van der Waals surface area (Å²) in [7, 11) is 0. The number of halogens is 3. The van der Waals surface area contributed by atoms with Crippen molar-refractivity contribution in [3.63, 3.8) is 0 Å². The Labute approximate surface area is 106 Å². The molecule has 0 spiro atoms. The summed E-state index contributed by atoms with van der Waals surface area (Å²) in [6.45, 7) is 1.65. The lowest BCUT2D eigenvalue weighted by Crippen LogP contribution is -2.32. The van der Waals surface area contributed by atoms with Crippen molar-refractivity contribution in [1.82, 2.24) is 10.3 Å². The lowest BCUT2D eigenvalue weighted by molar-refractivity contribution is -0.141. The molecule has 0 aliphatic rings. The normalized spacial score (nSPS) is 13.1. The molecule has 0 radical (unpaired) electrons. The van der Waals surface area contributed by atoms with Crippen molar-refractivity contribution in [3.8, 4) is 0 Å². The van der Waals surface area contributed by atoms with Gasteiger partial charge in [0, 0.05) is 6.54 Å². The topological polar surface area (TPSA) is 82.2 Å². The molecular formula is C11H13F3N2O3. The van der Waals surface area contributed by atoms with Crippen LogP contribution in [0.3, 0.4) is 0 Å². The molecule has 3 N–H and O–H groups in total. The van der Waals surface area contributed by atoms with E-state index in [9.17, 15) is 22.8 Å². The molecule has 0 saturated heterocycles. The number of aliphatic hydroxyl groups excluding tert-OH is 1. The van der Waals surface area contributed by atoms with Gasteiger partial charge in [-0.2, -0.15) is 13.2 Å². The highest BCUT2D eigenvalue weighted by Crippen LogP contribution is 2.26. The maximum absolute atomic E-state index is 12.3. The van der Waals surface area contributed by atoms with Crippen LogP contribution in [-0.4, -0.2) is 28.6 Å². The van der Waals surface area contributed by atoms with E-state index in [1.165, 1.54) is 6.92 Å². The average molecular weight is 278 g/mol. The highest BCUT2D eigenvalue weighted by molar-refractivity contribution is 5.93. The predicted molar refractivity (Wildman–Crippen MR) is 60.7 cm³/mol. The minimum Gasteiger partial charge on any atom is -0.393 e. The second-order valence-electron chi connectivity index (χ2n) is 4.01. The molecule has 0 bridgehead atoms. The number of aromatic nitrogens is 1. The Kier molecular flexibility index (Phi) is 4.71. The Morgan fingerprint density at radius 2 is 2.11 bits per heavy atom. The van der Waals surface area contributed by atoms with Crippen LogP contribution in [0.1, 0.15) is 29.4 Å². The van der Waals surface area contributed by atoms with E-state index in [4.69, 9.17) is 5.11 Å². The SMILES string of the molecule is CC(O)CCNC(=O)c1ccc(C(F)(F)F)[nH]c1=O. The Morgan fingerprint density at radius 3 is 2.58 bits per heavy atom. The van der Waals surface area contributed by atoms with Gasteiger partial charge in [0.2, 0.25) is 0 Å². The number of alkyl halides is 3. The van der Waals surface area contributed by atoms with Crippen LogP contribution in [-0.2, 0) is 6.18 Å². The summed E-state index contributed by atoms with van der Waals surface area (Å²) in [5.41, 5.74) is -2.72. The van der Waals surface area contributed by atoms with Crippen molar-refractivity contribution in [2.45, 2.75) is 25.6 Å². The zero-order valence-electron chi connectivity index (χ0n) is 10.0. The number of pyridine rings is 1. The van der Waals surface area contributed by atoms with Gasteiger partial charge in [0.1, 0.15) is 11.3 Å². The number of rotatable bonds is 4. The standard InChI is InChI=1S/C11H13F3N2O3/c1-6(17)4-5-15-9(18)7-2-3-8(11(12,13)14)16-10(7)19/h2-3,6,17H,4-5H2,1H3,(H,15,18)(H,16,19). The summed E-state index contributed by atoms with van der Waals surface area (Å²) in [4.78, 5) is 24.5. The van der Waals surface area contributed by atoms with Gasteiger partial charge in [-0.1, -0.05) is 0 Å². The van der Waals surface area contributed by atoms with Gasteiger partial charge in [-0.15, -0.1) is 0 Å². The van der Waals surface area contributed by atoms with Crippen LogP contribution in [0, 0.1) is 0 Å². The number of carbonyl (C=O) groups excluding carboxylic acids is 1. The minimum atomic E-state index is -4.67. The van der Waals surface area contributed by atoms with E-state index in [2.05, 4.69) is 5.32 Å². The van der Waals surface area contributed by atoms with Crippen LogP contribution >= 0.6 is 0 Å². The van der Waals surface area contributed by atoms with Crippen molar-refractivity contribution in [1.29, 1.82) is 0 Å². The smallest absolute Gasteiger partial charge is 0.393 e. The molecule has 1 atom stereocenters. The van der Waals surface area contributed by atoms with Gasteiger partial charge in [0.15, 0.2) is 0 Å². The van der Waals surface area contributed by atoms with Gasteiger partial charge in [0.05, 0.1) is 6.10 Å². The van der Waals surface area contributed by atoms with Crippen molar-refractivity contribution < 1.29 is 23.1 Å². The van der Waals surface area contributed by atoms with Crippen LogP contribution in [0.5, 0.6) is 0 Å². The molecule has 0 aliphatic carbocycles. The van der Waals surface area contributed by atoms with Crippen molar-refractivity contribution in [3.05, 3.63) is 33.7 Å². The fourth-order valence-electron chi connectivity index (χ4n) is 1.31. The molecule has 8 heteroatoms. The highest BCUT2D eigenvalue weighted by atomic mass is 19.4. The van der Waals surface area contributed by atoms with Gasteiger partial charge in [0.25, 0.3) is 11.5 Å². The van der Waals surface area contributed by atoms with Gasteiger partial charge in [-0.05, 0) is 25.5 Å². The summed E-state index contributed by atoms with van der Waals surface area (Å²) in [6, 6.07) is 1.45. The summed E-state index contributed by atoms with van der Waals surface area (Å²) in [6.07, 6.45) is -5.00. The number of H-pyrrole nitrogens is 1. The van der Waals surface area contributed by atoms with Crippen molar-refractivity contribution in [2.75, 3.05) is 6.54 Å². The molecule has 0 aliphatic heterocycles. The predicted octanol–water partition coefficient (Wildman–Crippen LogP) is 0.894. The summed E-state index contributed by atoms with van der Waals surface area (Å²) >= 11 is 0. The van der Waals surface area contributed by atoms with E-state index in [0.717, 1.165) is 6.07 Å². The molecule has 1 rings (SSSR count). The number of hydrogen-bond donors (Lipinski definition) is 3. The summed E-state index contributed by atoms with van der Waals surface area (Å²) < 4.78 is 36.9. The van der Waals surface area contributed by atoms with Gasteiger partial charge < -0.3 is 15.4 Å². The second kappa shape index (κ2) is 5.87. The van der Waals surface area contributed by atoms with Gasteiger partial charge in [-0.25, -0.2) is 0 Å². The Balaban J connectivity index is 2.80. The van der Waals surface area contributed by atoms with Crippen LogP contribution < -0.4 is 10.9 Å². The molecule has 1 aromatic heterocycles. The van der Waals surface area contributed by atoms with E-state index < -0.39 is 35.0 Å². The Morgan fingerprint density at radius 1 is 1.47 bits per heavy atom. The first-order valence-electron chi connectivity index (χ1n) is 5.48. The second-order valence-corrected chi connectivity index (χ2v) is 4.01. The van der Waals surface area contributed by atoms with Crippen LogP contribution in [0.4, 0.5) is 13.2 Å². The van der Waals surface area contributed by atoms with E-state index in [-0.39, 0.29) is 13.0 Å². The first-order chi connectivity index (χ1) is 8.71. The maximum atomic E-state index is 12.3. The molecule has 5 nitrogen and oxygen atoms in total. The summed E-state index contributed by atoms with van der Waals surface area (Å²) in [5, 5.41) is 11.3. The molecule has 1 aromatic rings. The molecular weight excluding hydrogens is 265 g/mol. The monoisotopic (exact) mass is 278 g/mol. The highest BCUT2D eigenvalue weighted by Gasteiger charge is 2.32. The molecule has 1 amide bonds. The quantitative estimate of drug-likeness (QED) is 0.765.